The summed E-state index contributed by atoms with van der Waals surface area (Å²) >= 11 is 11.9. The molecule has 2 aliphatic rings. The number of hydrogen-bond acceptors (Lipinski definition) is 6. The molecule has 9 heteroatoms. The number of hydrogen-bond donors (Lipinski definition) is 0. The molecule has 2 aliphatic heterocycles. The second-order valence-electron chi connectivity index (χ2n) is 7.15. The number of piperazine rings is 1. The van der Waals surface area contributed by atoms with E-state index >= 15 is 0 Å². The number of aromatic nitrogens is 3. The highest BCUT2D eigenvalue weighted by molar-refractivity contribution is 7.71. The average molecular weight is 423 g/mol. The minimum atomic E-state index is 0.729. The third-order valence-corrected chi connectivity index (χ3v) is 6.06. The molecule has 0 spiro atoms. The summed E-state index contributed by atoms with van der Waals surface area (Å²) in [5.41, 5.74) is 1.19. The molecule has 0 bridgehead atoms. The summed E-state index contributed by atoms with van der Waals surface area (Å²) in [5, 5.41) is 5.64. The normalized spacial score (nSPS) is 18.6. The smallest absolute Gasteiger partial charge is 0.226 e. The minimum Gasteiger partial charge on any atom is -0.378 e. The first kappa shape index (κ1) is 19.7. The van der Waals surface area contributed by atoms with Gasteiger partial charge in [-0.25, -0.2) is 4.68 Å². The van der Waals surface area contributed by atoms with Gasteiger partial charge in [0.15, 0.2) is 0 Å². The van der Waals surface area contributed by atoms with Gasteiger partial charge in [0, 0.05) is 56.5 Å². The Morgan fingerprint density at radius 1 is 1.07 bits per heavy atom. The predicted octanol–water partition coefficient (Wildman–Crippen LogP) is 2.70. The van der Waals surface area contributed by atoms with Gasteiger partial charge in [-0.1, -0.05) is 17.7 Å². The fourth-order valence-electron chi connectivity index (χ4n) is 3.81. The van der Waals surface area contributed by atoms with Crippen molar-refractivity contribution >= 4 is 35.5 Å². The third kappa shape index (κ3) is 4.20. The number of halogens is 1. The molecule has 0 saturated carbocycles. The van der Waals surface area contributed by atoms with E-state index in [1.165, 1.54) is 5.69 Å². The first-order chi connectivity index (χ1) is 13.7. The van der Waals surface area contributed by atoms with E-state index in [0.29, 0.717) is 0 Å². The van der Waals surface area contributed by atoms with E-state index in [9.17, 15) is 0 Å². The lowest BCUT2D eigenvalue weighted by Crippen LogP contribution is -2.47. The number of nitrogens with zero attached hydrogens (tertiary/aromatic N) is 6. The van der Waals surface area contributed by atoms with E-state index in [1.807, 2.05) is 22.9 Å². The maximum Gasteiger partial charge on any atom is 0.226 e. The van der Waals surface area contributed by atoms with Gasteiger partial charge in [0.2, 0.25) is 10.7 Å². The molecule has 0 N–H and O–H groups in total. The molecule has 4 rings (SSSR count). The summed E-state index contributed by atoms with van der Waals surface area (Å²) in [6, 6.07) is 8.08. The van der Waals surface area contributed by atoms with Crippen molar-refractivity contribution in [2.45, 2.75) is 20.1 Å². The Morgan fingerprint density at radius 2 is 1.82 bits per heavy atom. The van der Waals surface area contributed by atoms with Crippen LogP contribution in [0.2, 0.25) is 5.02 Å². The van der Waals surface area contributed by atoms with Crippen molar-refractivity contribution in [3.63, 3.8) is 0 Å². The second-order valence-corrected chi connectivity index (χ2v) is 7.95. The van der Waals surface area contributed by atoms with Gasteiger partial charge in [0.05, 0.1) is 19.9 Å². The predicted molar refractivity (Wildman–Crippen MR) is 115 cm³/mol. The molecule has 0 radical (unpaired) electrons. The van der Waals surface area contributed by atoms with Gasteiger partial charge in [-0.2, -0.15) is 0 Å². The maximum atomic E-state index is 6.14. The minimum absolute atomic E-state index is 0.729. The highest BCUT2D eigenvalue weighted by Crippen LogP contribution is 2.21. The van der Waals surface area contributed by atoms with Gasteiger partial charge < -0.3 is 14.5 Å². The molecule has 28 heavy (non-hydrogen) atoms. The van der Waals surface area contributed by atoms with Crippen molar-refractivity contribution in [3.05, 3.63) is 34.1 Å². The Morgan fingerprint density at radius 3 is 2.50 bits per heavy atom. The lowest BCUT2D eigenvalue weighted by molar-refractivity contribution is 0.121. The van der Waals surface area contributed by atoms with Crippen LogP contribution in [0.5, 0.6) is 0 Å². The molecule has 0 aliphatic carbocycles. The van der Waals surface area contributed by atoms with Crippen LogP contribution in [0, 0.1) is 4.77 Å². The summed E-state index contributed by atoms with van der Waals surface area (Å²) in [6.45, 7) is 10.8. The van der Waals surface area contributed by atoms with Crippen LogP contribution in [0.3, 0.4) is 0 Å². The number of rotatable bonds is 5. The molecular weight excluding hydrogens is 396 g/mol. The van der Waals surface area contributed by atoms with Gasteiger partial charge >= 0.3 is 0 Å². The molecule has 0 unspecified atom stereocenters. The lowest BCUT2D eigenvalue weighted by atomic mass is 10.2. The average Bonchev–Trinajstić information content (AvgIpc) is 3.04. The van der Waals surface area contributed by atoms with Gasteiger partial charge in [0.1, 0.15) is 0 Å². The van der Waals surface area contributed by atoms with Crippen molar-refractivity contribution in [2.75, 3.05) is 62.3 Å². The molecule has 152 valence electrons. The molecule has 7 nitrogen and oxygen atoms in total. The molecule has 1 aromatic heterocycles. The molecule has 1 aromatic carbocycles. The van der Waals surface area contributed by atoms with Crippen LogP contribution >= 0.6 is 23.8 Å². The number of anilines is 2. The Hall–Kier alpha value is -1.61. The van der Waals surface area contributed by atoms with E-state index in [1.54, 1.807) is 0 Å². The molecule has 3 heterocycles. The Labute approximate surface area is 176 Å². The number of benzene rings is 1. The third-order valence-electron chi connectivity index (χ3n) is 5.39. The lowest BCUT2D eigenvalue weighted by Gasteiger charge is -2.35. The highest BCUT2D eigenvalue weighted by atomic mass is 35.5. The SMILES string of the molecule is CCn1c(N2CCOCC2)nn(CN2CCN(c3cccc(Cl)c3)CC2)c1=S. The van der Waals surface area contributed by atoms with Crippen molar-refractivity contribution in [3.8, 4) is 0 Å². The molecule has 2 saturated heterocycles. The van der Waals surface area contributed by atoms with Crippen LogP contribution in [-0.4, -0.2) is 71.7 Å². The van der Waals surface area contributed by atoms with E-state index in [2.05, 4.69) is 32.3 Å². The first-order valence-corrected chi connectivity index (χ1v) is 10.7. The van der Waals surface area contributed by atoms with Gasteiger partial charge in [0.25, 0.3) is 0 Å². The standard InChI is InChI=1S/C19H27ClN6OS/c1-2-25-18(24-10-12-27-13-11-24)21-26(19(25)28)15-22-6-8-23(9-7-22)17-5-3-4-16(20)14-17/h3-5,14H,2,6-13,15H2,1H3. The van der Waals surface area contributed by atoms with Crippen LogP contribution < -0.4 is 9.80 Å². The molecule has 0 amide bonds. The van der Waals surface area contributed by atoms with Gasteiger partial charge in [-0.15, -0.1) is 5.10 Å². The quantitative estimate of drug-likeness (QED) is 0.690. The first-order valence-electron chi connectivity index (χ1n) is 9.89. The van der Waals surface area contributed by atoms with E-state index in [-0.39, 0.29) is 0 Å². The summed E-state index contributed by atoms with van der Waals surface area (Å²) < 4.78 is 10.4. The van der Waals surface area contributed by atoms with E-state index in [0.717, 1.165) is 81.4 Å². The van der Waals surface area contributed by atoms with Gasteiger partial charge in [-0.3, -0.25) is 9.47 Å². The maximum absolute atomic E-state index is 6.14. The van der Waals surface area contributed by atoms with Crippen LogP contribution in [0.15, 0.2) is 24.3 Å². The van der Waals surface area contributed by atoms with Crippen molar-refractivity contribution in [1.82, 2.24) is 19.2 Å². The van der Waals surface area contributed by atoms with E-state index in [4.69, 9.17) is 33.7 Å². The van der Waals surface area contributed by atoms with Crippen molar-refractivity contribution < 1.29 is 4.74 Å². The summed E-state index contributed by atoms with van der Waals surface area (Å²) in [5.74, 6) is 0.966. The fraction of sp³-hybridized carbons (Fsp3) is 0.579. The second kappa shape index (κ2) is 8.82. The number of morpholine rings is 1. The number of ether oxygens (including phenoxy) is 1. The van der Waals surface area contributed by atoms with Crippen LogP contribution in [0.25, 0.3) is 0 Å². The summed E-state index contributed by atoms with van der Waals surface area (Å²) in [4.78, 5) is 7.06. The van der Waals surface area contributed by atoms with Crippen LogP contribution in [0.1, 0.15) is 6.92 Å². The van der Waals surface area contributed by atoms with E-state index < -0.39 is 0 Å². The largest absolute Gasteiger partial charge is 0.378 e. The topological polar surface area (TPSA) is 41.7 Å². The monoisotopic (exact) mass is 422 g/mol. The molecule has 0 atom stereocenters. The zero-order valence-electron chi connectivity index (χ0n) is 16.3. The van der Waals surface area contributed by atoms with Crippen molar-refractivity contribution in [1.29, 1.82) is 0 Å². The summed E-state index contributed by atoms with van der Waals surface area (Å²) in [6.07, 6.45) is 0. The molecular formula is C19H27ClN6OS. The highest BCUT2D eigenvalue weighted by Gasteiger charge is 2.22. The summed E-state index contributed by atoms with van der Waals surface area (Å²) in [7, 11) is 0. The van der Waals surface area contributed by atoms with Crippen LogP contribution in [0.4, 0.5) is 11.6 Å². The fourth-order valence-corrected chi connectivity index (χ4v) is 4.30. The molecule has 2 fully saturated rings. The van der Waals surface area contributed by atoms with Gasteiger partial charge in [-0.05, 0) is 37.3 Å². The van der Waals surface area contributed by atoms with Crippen molar-refractivity contribution in [2.24, 2.45) is 0 Å². The molecule has 2 aromatic rings. The Bertz CT molecular complexity index is 854. The Balaban J connectivity index is 1.42. The Kier molecular flexibility index (Phi) is 6.20. The zero-order valence-corrected chi connectivity index (χ0v) is 17.8. The van der Waals surface area contributed by atoms with Crippen LogP contribution in [-0.2, 0) is 18.0 Å². The zero-order chi connectivity index (χ0) is 19.5.